The third-order valence-corrected chi connectivity index (χ3v) is 4.65. The summed E-state index contributed by atoms with van der Waals surface area (Å²) in [5.41, 5.74) is 0.0425. The van der Waals surface area contributed by atoms with E-state index in [9.17, 15) is 9.59 Å². The van der Waals surface area contributed by atoms with Crippen molar-refractivity contribution in [1.82, 2.24) is 0 Å². The molecule has 0 aromatic heterocycles. The molecule has 110 valence electrons. The maximum Gasteiger partial charge on any atom is 0.337 e. The van der Waals surface area contributed by atoms with Crippen LogP contribution in [-0.2, 0) is 28.5 Å². The van der Waals surface area contributed by atoms with E-state index in [0.29, 0.717) is 11.1 Å². The van der Waals surface area contributed by atoms with E-state index in [2.05, 4.69) is 0 Å². The summed E-state index contributed by atoms with van der Waals surface area (Å²) in [5, 5.41) is 0. The standard InChI is InChI=1S/C15H14O6/c1-3-7-11-15(21-13(7)17)5-4-8-9(12(16)18-2)6-19-14(20-11)10(8)15/h3-6,8,10-11,14H,1-2H3/b7-3-/t8-,10+,11-,14-,15+/m0/s1. The number of allylic oxidation sites excluding steroid dienone is 2. The average Bonchev–Trinajstić information content (AvgIpc) is 3.08. The molecule has 6 heteroatoms. The zero-order valence-electron chi connectivity index (χ0n) is 11.6. The van der Waals surface area contributed by atoms with Gasteiger partial charge in [-0.2, -0.15) is 0 Å². The Morgan fingerprint density at radius 3 is 3.00 bits per heavy atom. The van der Waals surface area contributed by atoms with Crippen molar-refractivity contribution in [1.29, 1.82) is 0 Å². The second-order valence-corrected chi connectivity index (χ2v) is 5.48. The highest BCUT2D eigenvalue weighted by Gasteiger charge is 2.70. The summed E-state index contributed by atoms with van der Waals surface area (Å²) < 4.78 is 21.8. The lowest BCUT2D eigenvalue weighted by atomic mass is 9.78. The van der Waals surface area contributed by atoms with Gasteiger partial charge in [-0.05, 0) is 13.0 Å². The van der Waals surface area contributed by atoms with Crippen molar-refractivity contribution in [2.45, 2.75) is 24.9 Å². The van der Waals surface area contributed by atoms with E-state index in [0.717, 1.165) is 0 Å². The van der Waals surface area contributed by atoms with E-state index < -0.39 is 24.0 Å². The number of hydrogen-bond donors (Lipinski definition) is 0. The highest BCUT2D eigenvalue weighted by atomic mass is 16.7. The van der Waals surface area contributed by atoms with Gasteiger partial charge in [0.2, 0.25) is 6.29 Å². The third-order valence-electron chi connectivity index (χ3n) is 4.65. The first kappa shape index (κ1) is 12.6. The van der Waals surface area contributed by atoms with Gasteiger partial charge in [0.15, 0.2) is 5.60 Å². The molecule has 0 bridgehead atoms. The zero-order chi connectivity index (χ0) is 14.8. The van der Waals surface area contributed by atoms with Crippen LogP contribution >= 0.6 is 0 Å². The van der Waals surface area contributed by atoms with Crippen LogP contribution in [-0.4, -0.2) is 37.0 Å². The van der Waals surface area contributed by atoms with Crippen LogP contribution in [0.15, 0.2) is 35.6 Å². The Kier molecular flexibility index (Phi) is 2.39. The molecule has 0 N–H and O–H groups in total. The fourth-order valence-electron chi connectivity index (χ4n) is 3.74. The molecular formula is C15H14O6. The number of carbonyl (C=O) groups is 2. The van der Waals surface area contributed by atoms with E-state index >= 15 is 0 Å². The molecule has 0 saturated carbocycles. The Morgan fingerprint density at radius 2 is 2.29 bits per heavy atom. The molecule has 4 aliphatic rings. The fourth-order valence-corrected chi connectivity index (χ4v) is 3.74. The number of rotatable bonds is 1. The summed E-state index contributed by atoms with van der Waals surface area (Å²) in [6, 6.07) is 0. The second kappa shape index (κ2) is 3.98. The van der Waals surface area contributed by atoms with Crippen LogP contribution in [0.3, 0.4) is 0 Å². The monoisotopic (exact) mass is 290 g/mol. The molecule has 0 amide bonds. The molecule has 2 fully saturated rings. The molecule has 2 saturated heterocycles. The molecule has 4 rings (SSSR count). The van der Waals surface area contributed by atoms with E-state index in [1.165, 1.54) is 13.4 Å². The van der Waals surface area contributed by atoms with Crippen molar-refractivity contribution in [2.75, 3.05) is 7.11 Å². The molecular weight excluding hydrogens is 276 g/mol. The minimum Gasteiger partial charge on any atom is -0.471 e. The van der Waals surface area contributed by atoms with Gasteiger partial charge in [0.25, 0.3) is 0 Å². The zero-order valence-corrected chi connectivity index (χ0v) is 11.6. The van der Waals surface area contributed by atoms with Gasteiger partial charge in [-0.1, -0.05) is 12.2 Å². The Balaban J connectivity index is 1.78. The van der Waals surface area contributed by atoms with Crippen LogP contribution < -0.4 is 0 Å². The van der Waals surface area contributed by atoms with Crippen LogP contribution in [0.5, 0.6) is 0 Å². The van der Waals surface area contributed by atoms with Gasteiger partial charge in [-0.3, -0.25) is 0 Å². The van der Waals surface area contributed by atoms with E-state index in [4.69, 9.17) is 18.9 Å². The first-order valence-corrected chi connectivity index (χ1v) is 6.80. The Morgan fingerprint density at radius 1 is 1.48 bits per heavy atom. The van der Waals surface area contributed by atoms with Crippen molar-refractivity contribution in [3.8, 4) is 0 Å². The normalized spacial score (nSPS) is 44.0. The molecule has 1 aliphatic carbocycles. The summed E-state index contributed by atoms with van der Waals surface area (Å²) in [5.74, 6) is -1.31. The predicted molar refractivity (Wildman–Crippen MR) is 68.5 cm³/mol. The highest BCUT2D eigenvalue weighted by molar-refractivity contribution is 5.94. The van der Waals surface area contributed by atoms with Gasteiger partial charge in [0, 0.05) is 5.92 Å². The van der Waals surface area contributed by atoms with Crippen LogP contribution in [0.1, 0.15) is 6.92 Å². The molecule has 0 aromatic rings. The first-order chi connectivity index (χ1) is 10.1. The van der Waals surface area contributed by atoms with Crippen molar-refractivity contribution in [2.24, 2.45) is 11.8 Å². The quantitative estimate of drug-likeness (QED) is 0.405. The van der Waals surface area contributed by atoms with Crippen molar-refractivity contribution < 1.29 is 28.5 Å². The summed E-state index contributed by atoms with van der Waals surface area (Å²) in [4.78, 5) is 23.8. The lowest BCUT2D eigenvalue weighted by Crippen LogP contribution is -2.43. The molecule has 21 heavy (non-hydrogen) atoms. The lowest BCUT2D eigenvalue weighted by molar-refractivity contribution is -0.152. The molecule has 1 spiro atoms. The van der Waals surface area contributed by atoms with Crippen molar-refractivity contribution in [3.63, 3.8) is 0 Å². The van der Waals surface area contributed by atoms with Gasteiger partial charge in [0.1, 0.15) is 6.10 Å². The van der Waals surface area contributed by atoms with Gasteiger partial charge >= 0.3 is 11.9 Å². The molecule has 3 aliphatic heterocycles. The minimum atomic E-state index is -0.873. The smallest absolute Gasteiger partial charge is 0.337 e. The SMILES string of the molecule is C/C=C1\C(=O)O[C@@]23C=C[C@H]4C(C(=O)OC)=CO[C@@H](O[C@@H]12)[C@@H]43. The second-order valence-electron chi connectivity index (χ2n) is 5.48. The van der Waals surface area contributed by atoms with Crippen molar-refractivity contribution >= 4 is 11.9 Å². The first-order valence-electron chi connectivity index (χ1n) is 6.80. The molecule has 0 aromatic carbocycles. The minimum absolute atomic E-state index is 0.231. The summed E-state index contributed by atoms with van der Waals surface area (Å²) in [7, 11) is 1.32. The fraction of sp³-hybridized carbons (Fsp3) is 0.467. The highest BCUT2D eigenvalue weighted by Crippen LogP contribution is 2.57. The average molecular weight is 290 g/mol. The summed E-state index contributed by atoms with van der Waals surface area (Å²) in [6.07, 6.45) is 5.77. The number of esters is 2. The lowest BCUT2D eigenvalue weighted by Gasteiger charge is -2.32. The van der Waals surface area contributed by atoms with Gasteiger partial charge in [-0.15, -0.1) is 0 Å². The molecule has 0 unspecified atom stereocenters. The Hall–Kier alpha value is -2.08. The topological polar surface area (TPSA) is 71.1 Å². The van der Waals surface area contributed by atoms with E-state index in [-0.39, 0.29) is 17.8 Å². The number of carbonyl (C=O) groups excluding carboxylic acids is 2. The number of ether oxygens (including phenoxy) is 4. The molecule has 0 radical (unpaired) electrons. The van der Waals surface area contributed by atoms with E-state index in [1.807, 2.05) is 12.2 Å². The number of methoxy groups -OCH3 is 1. The maximum absolute atomic E-state index is 12.0. The van der Waals surface area contributed by atoms with Gasteiger partial charge in [-0.25, -0.2) is 9.59 Å². The van der Waals surface area contributed by atoms with Crippen LogP contribution in [0.25, 0.3) is 0 Å². The van der Waals surface area contributed by atoms with Gasteiger partial charge in [0.05, 0.1) is 30.4 Å². The third kappa shape index (κ3) is 1.35. The summed E-state index contributed by atoms with van der Waals surface area (Å²) in [6.45, 7) is 1.77. The van der Waals surface area contributed by atoms with Crippen LogP contribution in [0.4, 0.5) is 0 Å². The Bertz CT molecular complexity index is 630. The molecule has 3 heterocycles. The van der Waals surface area contributed by atoms with Gasteiger partial charge < -0.3 is 18.9 Å². The molecule has 5 atom stereocenters. The number of hydrogen-bond acceptors (Lipinski definition) is 6. The Labute approximate surface area is 121 Å². The van der Waals surface area contributed by atoms with Crippen LogP contribution in [0.2, 0.25) is 0 Å². The molecule has 6 nitrogen and oxygen atoms in total. The van der Waals surface area contributed by atoms with E-state index in [1.54, 1.807) is 13.0 Å². The predicted octanol–water partition coefficient (Wildman–Crippen LogP) is 0.842. The van der Waals surface area contributed by atoms with Crippen molar-refractivity contribution in [3.05, 3.63) is 35.6 Å². The van der Waals surface area contributed by atoms with Crippen LogP contribution in [0, 0.1) is 11.8 Å². The largest absolute Gasteiger partial charge is 0.471 e. The maximum atomic E-state index is 12.0. The summed E-state index contributed by atoms with van der Waals surface area (Å²) >= 11 is 0.